The van der Waals surface area contributed by atoms with Crippen LogP contribution in [-0.4, -0.2) is 22.1 Å². The third-order valence-corrected chi connectivity index (χ3v) is 5.80. The number of nitrogens with one attached hydrogen (secondary N) is 2. The average Bonchev–Trinajstić information content (AvgIpc) is 2.77. The number of nitrogens with zero attached hydrogens (tertiary/aromatic N) is 1. The van der Waals surface area contributed by atoms with E-state index in [-0.39, 0.29) is 11.3 Å². The number of carbonyl (C=O) groups excluding carboxylic acids is 1. The maximum Gasteiger partial charge on any atom is 0.274 e. The van der Waals surface area contributed by atoms with E-state index in [1.807, 2.05) is 13.0 Å². The van der Waals surface area contributed by atoms with Crippen molar-refractivity contribution in [2.45, 2.75) is 91.0 Å². The van der Waals surface area contributed by atoms with Crippen molar-refractivity contribution >= 4 is 16.8 Å². The first-order valence-corrected chi connectivity index (χ1v) is 12.0. The van der Waals surface area contributed by atoms with Gasteiger partial charge in [0.15, 0.2) is 0 Å². The van der Waals surface area contributed by atoms with Crippen LogP contribution < -0.4 is 16.4 Å². The Morgan fingerprint density at radius 3 is 2.10 bits per heavy atom. The molecular formula is C25H39N3O3. The van der Waals surface area contributed by atoms with Crippen LogP contribution in [0.1, 0.15) is 94.8 Å². The van der Waals surface area contributed by atoms with Crippen LogP contribution in [0, 0.1) is 0 Å². The van der Waals surface area contributed by atoms with Crippen molar-refractivity contribution in [3.63, 3.8) is 0 Å². The standard InChI is InChI=1S/C25H39N3O3/c1-3-5-6-7-8-9-10-11-12-13-16-19-26-27-24(30)22-23(29)20-17-14-15-18-21(20)28(4-2)25(22)31/h14-15,17-18,26,29H,3-13,16,19H2,1-2H3,(H,27,30). The van der Waals surface area contributed by atoms with Crippen molar-refractivity contribution in [3.05, 3.63) is 40.2 Å². The molecule has 1 aromatic heterocycles. The minimum Gasteiger partial charge on any atom is -0.506 e. The summed E-state index contributed by atoms with van der Waals surface area (Å²) in [5.74, 6) is -0.863. The zero-order chi connectivity index (χ0) is 22.5. The van der Waals surface area contributed by atoms with E-state index < -0.39 is 11.5 Å². The number of rotatable bonds is 15. The molecular weight excluding hydrogens is 390 g/mol. The Kier molecular flexibility index (Phi) is 11.1. The molecule has 2 rings (SSSR count). The van der Waals surface area contributed by atoms with Crippen molar-refractivity contribution in [1.82, 2.24) is 15.4 Å². The molecule has 0 aliphatic carbocycles. The second-order valence-electron chi connectivity index (χ2n) is 8.21. The van der Waals surface area contributed by atoms with Gasteiger partial charge in [-0.05, 0) is 25.5 Å². The third kappa shape index (κ3) is 7.39. The van der Waals surface area contributed by atoms with Gasteiger partial charge in [0.1, 0.15) is 11.3 Å². The zero-order valence-electron chi connectivity index (χ0n) is 19.2. The molecule has 0 atom stereocenters. The Morgan fingerprint density at radius 1 is 0.903 bits per heavy atom. The van der Waals surface area contributed by atoms with Crippen LogP contribution in [0.15, 0.2) is 29.1 Å². The first-order chi connectivity index (χ1) is 15.1. The molecule has 6 nitrogen and oxygen atoms in total. The molecule has 0 saturated carbocycles. The molecule has 0 bridgehead atoms. The van der Waals surface area contributed by atoms with Gasteiger partial charge in [0.2, 0.25) is 0 Å². The minimum absolute atomic E-state index is 0.216. The number of unbranched alkanes of at least 4 members (excludes halogenated alkanes) is 10. The molecule has 1 aromatic carbocycles. The van der Waals surface area contributed by atoms with E-state index in [4.69, 9.17) is 0 Å². The highest BCUT2D eigenvalue weighted by molar-refractivity contribution is 6.02. The topological polar surface area (TPSA) is 83.4 Å². The largest absolute Gasteiger partial charge is 0.506 e. The van der Waals surface area contributed by atoms with Gasteiger partial charge < -0.3 is 9.67 Å². The van der Waals surface area contributed by atoms with Gasteiger partial charge in [-0.25, -0.2) is 5.43 Å². The van der Waals surface area contributed by atoms with Gasteiger partial charge in [-0.3, -0.25) is 15.0 Å². The van der Waals surface area contributed by atoms with Crippen LogP contribution >= 0.6 is 0 Å². The van der Waals surface area contributed by atoms with Crippen molar-refractivity contribution in [2.24, 2.45) is 0 Å². The smallest absolute Gasteiger partial charge is 0.274 e. The summed E-state index contributed by atoms with van der Waals surface area (Å²) in [5.41, 5.74) is 5.39. The van der Waals surface area contributed by atoms with Crippen LogP contribution in [0.3, 0.4) is 0 Å². The summed E-state index contributed by atoms with van der Waals surface area (Å²) >= 11 is 0. The molecule has 1 heterocycles. The summed E-state index contributed by atoms with van der Waals surface area (Å²) in [4.78, 5) is 25.3. The number of benzene rings is 1. The van der Waals surface area contributed by atoms with E-state index in [1.165, 1.54) is 62.4 Å². The van der Waals surface area contributed by atoms with Gasteiger partial charge in [0.25, 0.3) is 11.5 Å². The summed E-state index contributed by atoms with van der Waals surface area (Å²) in [5, 5.41) is 11.0. The predicted octanol–water partition coefficient (Wildman–Crippen LogP) is 5.27. The highest BCUT2D eigenvalue weighted by Crippen LogP contribution is 2.26. The number of amides is 1. The minimum atomic E-state index is -0.599. The van der Waals surface area contributed by atoms with Gasteiger partial charge in [0.05, 0.1) is 5.52 Å². The Labute approximate surface area is 186 Å². The third-order valence-electron chi connectivity index (χ3n) is 5.80. The molecule has 0 aliphatic heterocycles. The van der Waals surface area contributed by atoms with E-state index in [0.29, 0.717) is 24.0 Å². The fourth-order valence-corrected chi connectivity index (χ4v) is 3.99. The molecule has 6 heteroatoms. The lowest BCUT2D eigenvalue weighted by Crippen LogP contribution is -2.41. The quantitative estimate of drug-likeness (QED) is 0.266. The van der Waals surface area contributed by atoms with E-state index in [0.717, 1.165) is 12.8 Å². The number of carbonyl (C=O) groups is 1. The molecule has 172 valence electrons. The average molecular weight is 430 g/mol. The van der Waals surface area contributed by atoms with Crippen LogP contribution in [0.4, 0.5) is 0 Å². The lowest BCUT2D eigenvalue weighted by Gasteiger charge is -2.14. The van der Waals surface area contributed by atoms with E-state index in [9.17, 15) is 14.7 Å². The van der Waals surface area contributed by atoms with E-state index in [1.54, 1.807) is 18.2 Å². The first-order valence-electron chi connectivity index (χ1n) is 12.0. The summed E-state index contributed by atoms with van der Waals surface area (Å²) in [6.45, 7) is 5.15. The zero-order valence-corrected chi connectivity index (χ0v) is 19.2. The number of aromatic nitrogens is 1. The number of hydrogen-bond acceptors (Lipinski definition) is 4. The normalized spacial score (nSPS) is 11.2. The Hall–Kier alpha value is -2.34. The lowest BCUT2D eigenvalue weighted by molar-refractivity contribution is 0.0928. The summed E-state index contributed by atoms with van der Waals surface area (Å²) in [6, 6.07) is 7.07. The SMILES string of the molecule is CCCCCCCCCCCCCNNC(=O)c1c(O)c2ccccc2n(CC)c1=O. The fourth-order valence-electron chi connectivity index (χ4n) is 3.99. The summed E-state index contributed by atoms with van der Waals surface area (Å²) in [6.07, 6.45) is 13.9. The molecule has 3 N–H and O–H groups in total. The fraction of sp³-hybridized carbons (Fsp3) is 0.600. The molecule has 0 aliphatic rings. The summed E-state index contributed by atoms with van der Waals surface area (Å²) in [7, 11) is 0. The predicted molar refractivity (Wildman–Crippen MR) is 127 cm³/mol. The second kappa shape index (κ2) is 13.9. The number of aryl methyl sites for hydroxylation is 1. The highest BCUT2D eigenvalue weighted by Gasteiger charge is 2.21. The lowest BCUT2D eigenvalue weighted by atomic mass is 10.1. The Balaban J connectivity index is 1.71. The number of para-hydroxylation sites is 1. The highest BCUT2D eigenvalue weighted by atomic mass is 16.3. The molecule has 0 spiro atoms. The number of pyridine rings is 1. The van der Waals surface area contributed by atoms with Crippen LogP contribution in [-0.2, 0) is 6.54 Å². The number of aromatic hydroxyl groups is 1. The Morgan fingerprint density at radius 2 is 1.48 bits per heavy atom. The van der Waals surface area contributed by atoms with Gasteiger partial charge in [-0.2, -0.15) is 0 Å². The molecule has 2 aromatic rings. The van der Waals surface area contributed by atoms with Crippen molar-refractivity contribution in [3.8, 4) is 5.75 Å². The van der Waals surface area contributed by atoms with Crippen molar-refractivity contribution in [2.75, 3.05) is 6.54 Å². The maximum atomic E-state index is 12.7. The van der Waals surface area contributed by atoms with Crippen molar-refractivity contribution in [1.29, 1.82) is 0 Å². The van der Waals surface area contributed by atoms with Crippen LogP contribution in [0.5, 0.6) is 5.75 Å². The van der Waals surface area contributed by atoms with Crippen LogP contribution in [0.25, 0.3) is 10.9 Å². The van der Waals surface area contributed by atoms with Crippen LogP contribution in [0.2, 0.25) is 0 Å². The molecule has 0 unspecified atom stereocenters. The van der Waals surface area contributed by atoms with Crippen molar-refractivity contribution < 1.29 is 9.90 Å². The van der Waals surface area contributed by atoms with Gasteiger partial charge in [-0.1, -0.05) is 83.3 Å². The summed E-state index contributed by atoms with van der Waals surface area (Å²) < 4.78 is 1.51. The number of hydrazine groups is 1. The Bertz CT molecular complexity index is 876. The van der Waals surface area contributed by atoms with Gasteiger partial charge in [-0.15, -0.1) is 0 Å². The monoisotopic (exact) mass is 429 g/mol. The molecule has 31 heavy (non-hydrogen) atoms. The second-order valence-corrected chi connectivity index (χ2v) is 8.21. The maximum absolute atomic E-state index is 12.7. The number of fused-ring (bicyclic) bond motifs is 1. The van der Waals surface area contributed by atoms with Gasteiger partial charge in [0, 0.05) is 18.5 Å². The van der Waals surface area contributed by atoms with E-state index >= 15 is 0 Å². The number of hydrogen-bond donors (Lipinski definition) is 3. The first kappa shape index (κ1) is 24.9. The molecule has 0 saturated heterocycles. The molecule has 0 radical (unpaired) electrons. The molecule has 0 fully saturated rings. The van der Waals surface area contributed by atoms with E-state index in [2.05, 4.69) is 17.8 Å². The van der Waals surface area contributed by atoms with Gasteiger partial charge >= 0.3 is 0 Å². The molecule has 1 amide bonds.